The molecule has 0 saturated heterocycles. The number of rotatable bonds is 4. The number of hydrogen-bond donors (Lipinski definition) is 0. The van der Waals surface area contributed by atoms with Crippen molar-refractivity contribution in [3.8, 4) is 0 Å². The van der Waals surface area contributed by atoms with E-state index in [0.717, 1.165) is 6.54 Å². The number of likely N-dealkylation sites (N-methyl/N-ethyl adjacent to an activating group) is 1. The van der Waals surface area contributed by atoms with Gasteiger partial charge in [0.2, 0.25) is 5.52 Å². The monoisotopic (exact) mass is 373 g/mol. The molecule has 2 aromatic carbocycles. The molecular weight excluding hydrogens is 348 g/mol. The third kappa shape index (κ3) is 2.92. The smallest absolute Gasteiger partial charge is 0.263 e. The molecule has 0 bridgehead atoms. The van der Waals surface area contributed by atoms with E-state index < -0.39 is 0 Å². The minimum atomic E-state index is 0.00688. The van der Waals surface area contributed by atoms with Crippen molar-refractivity contribution in [3.05, 3.63) is 89.6 Å². The molecule has 1 aliphatic rings. The van der Waals surface area contributed by atoms with Crippen LogP contribution in [0.2, 0.25) is 0 Å². The van der Waals surface area contributed by atoms with Crippen LogP contribution in [0.25, 0.3) is 16.3 Å². The lowest BCUT2D eigenvalue weighted by atomic mass is 9.84. The maximum atomic E-state index is 3.92. The summed E-state index contributed by atoms with van der Waals surface area (Å²) in [6, 6.07) is 17.2. The van der Waals surface area contributed by atoms with Crippen LogP contribution >= 0.6 is 11.3 Å². The van der Waals surface area contributed by atoms with Crippen LogP contribution in [0.3, 0.4) is 0 Å². The lowest BCUT2D eigenvalue weighted by Gasteiger charge is -2.23. The maximum absolute atomic E-state index is 3.92. The van der Waals surface area contributed by atoms with Gasteiger partial charge in [-0.3, -0.25) is 0 Å². The zero-order valence-corrected chi connectivity index (χ0v) is 17.0. The van der Waals surface area contributed by atoms with E-state index in [2.05, 4.69) is 104 Å². The Hall–Kier alpha value is -2.65. The lowest BCUT2D eigenvalue weighted by molar-refractivity contribution is -0.658. The fourth-order valence-electron chi connectivity index (χ4n) is 4.02. The molecule has 2 heterocycles. The number of aromatic nitrogens is 1. The molecule has 0 saturated carbocycles. The molecule has 3 heteroatoms. The first-order valence-electron chi connectivity index (χ1n) is 9.28. The van der Waals surface area contributed by atoms with Gasteiger partial charge in [-0.25, -0.2) is 0 Å². The van der Waals surface area contributed by atoms with Crippen LogP contribution in [0, 0.1) is 0 Å². The summed E-state index contributed by atoms with van der Waals surface area (Å²) in [7, 11) is 2.16. The Morgan fingerprint density at radius 3 is 2.63 bits per heavy atom. The van der Waals surface area contributed by atoms with Gasteiger partial charge in [0.25, 0.3) is 5.01 Å². The molecule has 3 aromatic rings. The first kappa shape index (κ1) is 17.7. The van der Waals surface area contributed by atoms with Gasteiger partial charge in [0.05, 0.1) is 0 Å². The first-order chi connectivity index (χ1) is 13.0. The van der Waals surface area contributed by atoms with Gasteiger partial charge in [-0.05, 0) is 29.8 Å². The van der Waals surface area contributed by atoms with Gasteiger partial charge in [-0.15, -0.1) is 0 Å². The molecule has 0 N–H and O–H groups in total. The second kappa shape index (κ2) is 6.82. The van der Waals surface area contributed by atoms with E-state index in [1.807, 2.05) is 17.4 Å². The summed E-state index contributed by atoms with van der Waals surface area (Å²) in [6.07, 6.45) is 8.61. The molecule has 27 heavy (non-hydrogen) atoms. The lowest BCUT2D eigenvalue weighted by Crippen LogP contribution is -2.33. The highest BCUT2D eigenvalue weighted by Crippen LogP contribution is 2.46. The Morgan fingerprint density at radius 1 is 1.11 bits per heavy atom. The van der Waals surface area contributed by atoms with Crippen LogP contribution in [0.4, 0.5) is 5.69 Å². The van der Waals surface area contributed by atoms with Gasteiger partial charge in [-0.1, -0.05) is 68.2 Å². The summed E-state index contributed by atoms with van der Waals surface area (Å²) < 4.78 is 3.62. The second-order valence-corrected chi connectivity index (χ2v) is 8.48. The van der Waals surface area contributed by atoms with E-state index in [0.29, 0.717) is 0 Å². The Morgan fingerprint density at radius 2 is 1.85 bits per heavy atom. The maximum Gasteiger partial charge on any atom is 0.263 e. The van der Waals surface area contributed by atoms with E-state index in [9.17, 15) is 0 Å². The molecule has 1 aromatic heterocycles. The molecule has 136 valence electrons. The van der Waals surface area contributed by atoms with Crippen molar-refractivity contribution < 1.29 is 4.57 Å². The minimum Gasteiger partial charge on any atom is -0.347 e. The molecule has 0 amide bonds. The average molecular weight is 374 g/mol. The highest BCUT2D eigenvalue weighted by molar-refractivity contribution is 7.18. The molecule has 2 nitrogen and oxygen atoms in total. The summed E-state index contributed by atoms with van der Waals surface area (Å²) in [6.45, 7) is 9.33. The fraction of sp³-hybridized carbons (Fsp3) is 0.208. The predicted molar refractivity (Wildman–Crippen MR) is 117 cm³/mol. The van der Waals surface area contributed by atoms with Gasteiger partial charge in [0.1, 0.15) is 4.70 Å². The van der Waals surface area contributed by atoms with Gasteiger partial charge in [0, 0.05) is 36.0 Å². The van der Waals surface area contributed by atoms with Crippen molar-refractivity contribution in [3.63, 3.8) is 0 Å². The quantitative estimate of drug-likeness (QED) is 0.420. The van der Waals surface area contributed by atoms with Crippen LogP contribution in [0.1, 0.15) is 24.4 Å². The van der Waals surface area contributed by atoms with Crippen molar-refractivity contribution in [2.45, 2.75) is 25.8 Å². The summed E-state index contributed by atoms with van der Waals surface area (Å²) in [4.78, 5) is 2.31. The van der Waals surface area contributed by atoms with E-state index in [4.69, 9.17) is 0 Å². The van der Waals surface area contributed by atoms with E-state index >= 15 is 0 Å². The number of hydrogen-bond acceptors (Lipinski definition) is 2. The Kier molecular flexibility index (Phi) is 4.48. The molecule has 0 aliphatic carbocycles. The zero-order chi connectivity index (χ0) is 19.0. The average Bonchev–Trinajstić information content (AvgIpc) is 3.11. The fourth-order valence-corrected chi connectivity index (χ4v) is 5.10. The summed E-state index contributed by atoms with van der Waals surface area (Å²) in [5.74, 6) is 0. The van der Waals surface area contributed by atoms with Crippen molar-refractivity contribution >= 4 is 33.3 Å². The Bertz CT molecular complexity index is 1070. The topological polar surface area (TPSA) is 7.12 Å². The number of para-hydroxylation sites is 2. The van der Waals surface area contributed by atoms with Crippen LogP contribution in [-0.4, -0.2) is 7.05 Å². The van der Waals surface area contributed by atoms with E-state index in [-0.39, 0.29) is 5.41 Å². The normalized spacial score (nSPS) is 17.1. The van der Waals surface area contributed by atoms with Crippen LogP contribution < -0.4 is 9.47 Å². The SMILES string of the molecule is C=CC[n+]1c(/C=C/C=C2\N(C)c3ccccc3C2(C)C)sc2ccccc21. The predicted octanol–water partition coefficient (Wildman–Crippen LogP) is 5.70. The molecule has 0 fully saturated rings. The van der Waals surface area contributed by atoms with E-state index in [1.165, 1.54) is 32.2 Å². The van der Waals surface area contributed by atoms with Crippen LogP contribution in [0.5, 0.6) is 0 Å². The van der Waals surface area contributed by atoms with Gasteiger partial charge in [-0.2, -0.15) is 4.57 Å². The molecular formula is C24H25N2S+. The molecule has 0 atom stereocenters. The molecule has 0 radical (unpaired) electrons. The van der Waals surface area contributed by atoms with E-state index in [1.54, 1.807) is 0 Å². The third-order valence-corrected chi connectivity index (χ3v) is 6.51. The number of nitrogens with zero attached hydrogens (tertiary/aromatic N) is 2. The minimum absolute atomic E-state index is 0.00688. The molecule has 0 spiro atoms. The van der Waals surface area contributed by atoms with Gasteiger partial charge in [0.15, 0.2) is 6.54 Å². The summed E-state index contributed by atoms with van der Waals surface area (Å²) in [5.41, 5.74) is 5.27. The largest absolute Gasteiger partial charge is 0.347 e. The third-order valence-electron chi connectivity index (χ3n) is 5.38. The second-order valence-electron chi connectivity index (χ2n) is 7.42. The number of anilines is 1. The van der Waals surface area contributed by atoms with Crippen molar-refractivity contribution in [1.82, 2.24) is 0 Å². The number of fused-ring (bicyclic) bond motifs is 2. The van der Waals surface area contributed by atoms with Crippen LogP contribution in [-0.2, 0) is 12.0 Å². The van der Waals surface area contributed by atoms with Crippen LogP contribution in [0.15, 0.2) is 79.0 Å². The number of thiazole rings is 1. The summed E-state index contributed by atoms with van der Waals surface area (Å²) in [5, 5.41) is 1.24. The number of allylic oxidation sites excluding steroid dienone is 4. The number of benzene rings is 2. The Labute approximate surface area is 165 Å². The highest BCUT2D eigenvalue weighted by atomic mass is 32.1. The molecule has 4 rings (SSSR count). The highest BCUT2D eigenvalue weighted by Gasteiger charge is 2.37. The Balaban J connectivity index is 1.71. The summed E-state index contributed by atoms with van der Waals surface area (Å²) >= 11 is 1.82. The molecule has 1 aliphatic heterocycles. The first-order valence-corrected chi connectivity index (χ1v) is 10.1. The zero-order valence-electron chi connectivity index (χ0n) is 16.1. The standard InChI is InChI=1S/C24H25N2S/c1-5-17-26-20-13-8-9-14-21(20)27-23(26)16-10-15-22-24(2,3)18-11-6-7-12-19(18)25(22)4/h5-16H,1,17H2,2-4H3/q+1. The van der Waals surface area contributed by atoms with Crippen molar-refractivity contribution in [2.75, 3.05) is 11.9 Å². The van der Waals surface area contributed by atoms with Gasteiger partial charge >= 0.3 is 0 Å². The van der Waals surface area contributed by atoms with Crippen molar-refractivity contribution in [1.29, 1.82) is 0 Å². The molecule has 0 unspecified atom stereocenters. The van der Waals surface area contributed by atoms with Crippen molar-refractivity contribution in [2.24, 2.45) is 0 Å². The van der Waals surface area contributed by atoms with Gasteiger partial charge < -0.3 is 4.90 Å².